The fourth-order valence-corrected chi connectivity index (χ4v) is 6.04. The monoisotopic (exact) mass is 529 g/mol. The lowest BCUT2D eigenvalue weighted by Crippen LogP contribution is -2.39. The molecule has 0 spiro atoms. The molecule has 0 aliphatic carbocycles. The first-order chi connectivity index (χ1) is 15.3. The van der Waals surface area contributed by atoms with Crippen LogP contribution in [0.15, 0.2) is 93.8 Å². The summed E-state index contributed by atoms with van der Waals surface area (Å²) >= 11 is 9.57. The summed E-state index contributed by atoms with van der Waals surface area (Å²) in [5.41, 5.74) is 2.99. The van der Waals surface area contributed by atoms with Gasteiger partial charge in [-0.1, -0.05) is 75.6 Å². The average Bonchev–Trinajstić information content (AvgIpc) is 2.78. The summed E-state index contributed by atoms with van der Waals surface area (Å²) < 4.78 is 16.7. The molecule has 32 heavy (non-hydrogen) atoms. The van der Waals surface area contributed by atoms with Crippen LogP contribution in [0.5, 0.6) is 0 Å². The van der Waals surface area contributed by atoms with E-state index in [2.05, 4.69) is 15.9 Å². The number of hydrogen-bond donors (Lipinski definition) is 1. The van der Waals surface area contributed by atoms with Crippen molar-refractivity contribution in [2.24, 2.45) is 0 Å². The van der Waals surface area contributed by atoms with E-state index in [4.69, 9.17) is 11.6 Å². The van der Waals surface area contributed by atoms with Gasteiger partial charge >= 0.3 is 5.97 Å². The molecule has 3 aromatic rings. The van der Waals surface area contributed by atoms with Gasteiger partial charge < -0.3 is 5.11 Å². The third-order valence-electron chi connectivity index (χ3n) is 5.46. The van der Waals surface area contributed by atoms with E-state index in [1.807, 2.05) is 59.8 Å². The van der Waals surface area contributed by atoms with Crippen molar-refractivity contribution in [3.63, 3.8) is 0 Å². The van der Waals surface area contributed by atoms with Gasteiger partial charge in [0, 0.05) is 9.50 Å². The van der Waals surface area contributed by atoms with Crippen molar-refractivity contribution >= 4 is 44.5 Å². The van der Waals surface area contributed by atoms with Crippen molar-refractivity contribution in [3.05, 3.63) is 111 Å². The number of carboxylic acid groups (broad SMARTS) is 1. The van der Waals surface area contributed by atoms with Crippen molar-refractivity contribution in [2.45, 2.75) is 30.3 Å². The molecule has 3 atom stereocenters. The summed E-state index contributed by atoms with van der Waals surface area (Å²) in [7, 11) is -1.63. The Balaban J connectivity index is 1.91. The molecule has 1 N–H and O–H groups in total. The zero-order valence-corrected chi connectivity index (χ0v) is 20.4. The van der Waals surface area contributed by atoms with Gasteiger partial charge in [-0.25, -0.2) is 13.3 Å². The summed E-state index contributed by atoms with van der Waals surface area (Å²) in [4.78, 5) is 12.8. The third-order valence-corrected chi connectivity index (χ3v) is 7.73. The number of aliphatic carboxylic acids is 1. The topological polar surface area (TPSA) is 57.6 Å². The number of halogens is 2. The lowest BCUT2D eigenvalue weighted by molar-refractivity contribution is -0.133. The largest absolute Gasteiger partial charge is 0.478 e. The number of hydrogen-bond acceptors (Lipinski definition) is 2. The van der Waals surface area contributed by atoms with Crippen LogP contribution in [0.2, 0.25) is 5.02 Å². The quantitative estimate of drug-likeness (QED) is 0.403. The van der Waals surface area contributed by atoms with Crippen LogP contribution in [0, 0.1) is 6.92 Å². The predicted molar refractivity (Wildman–Crippen MR) is 131 cm³/mol. The molecule has 0 saturated carbocycles. The number of nitrogens with zero attached hydrogens (tertiary/aromatic N) is 1. The maximum absolute atomic E-state index is 14.0. The van der Waals surface area contributed by atoms with E-state index >= 15 is 0 Å². The standard InChI is InChI=1S/C25H21BrClNO3S/c1-16-4-2-6-18(14-16)24-22(25(29)30)12-13-23(17-5-3-7-19(26)15-17)28(24)32(31)21-10-8-20(27)9-11-21/h2-12,14-15,23-24H,13H2,1H3,(H,29,30). The minimum absolute atomic E-state index is 0.226. The molecule has 0 saturated heterocycles. The van der Waals surface area contributed by atoms with Crippen molar-refractivity contribution in [3.8, 4) is 0 Å². The third kappa shape index (κ3) is 4.74. The van der Waals surface area contributed by atoms with Crippen LogP contribution in [0.1, 0.15) is 35.2 Å². The number of benzene rings is 3. The smallest absolute Gasteiger partial charge is 0.333 e. The Morgan fingerprint density at radius 2 is 1.75 bits per heavy atom. The molecular formula is C25H21BrClNO3S. The maximum Gasteiger partial charge on any atom is 0.333 e. The average molecular weight is 531 g/mol. The lowest BCUT2D eigenvalue weighted by Gasteiger charge is -2.40. The Hall–Kier alpha value is -2.25. The van der Waals surface area contributed by atoms with E-state index in [1.165, 1.54) is 0 Å². The number of rotatable bonds is 5. The van der Waals surface area contributed by atoms with E-state index in [9.17, 15) is 14.1 Å². The second kappa shape index (κ2) is 9.71. The number of carbonyl (C=O) groups is 1. The van der Waals surface area contributed by atoms with Gasteiger partial charge in [0.05, 0.1) is 22.6 Å². The van der Waals surface area contributed by atoms with E-state index in [1.54, 1.807) is 30.3 Å². The highest BCUT2D eigenvalue weighted by Crippen LogP contribution is 2.44. The minimum Gasteiger partial charge on any atom is -0.478 e. The second-order valence-electron chi connectivity index (χ2n) is 7.65. The van der Waals surface area contributed by atoms with Gasteiger partial charge in [0.2, 0.25) is 0 Å². The van der Waals surface area contributed by atoms with Gasteiger partial charge in [-0.2, -0.15) is 0 Å². The van der Waals surface area contributed by atoms with Crippen LogP contribution >= 0.6 is 27.5 Å². The molecule has 1 heterocycles. The lowest BCUT2D eigenvalue weighted by atomic mass is 9.89. The molecule has 0 radical (unpaired) electrons. The van der Waals surface area contributed by atoms with Crippen LogP contribution in [-0.2, 0) is 15.8 Å². The summed E-state index contributed by atoms with van der Waals surface area (Å²) in [6, 6.07) is 21.4. The summed E-state index contributed by atoms with van der Waals surface area (Å²) in [6.07, 6.45) is 2.19. The predicted octanol–water partition coefficient (Wildman–Crippen LogP) is 6.63. The van der Waals surface area contributed by atoms with Gasteiger partial charge in [0.1, 0.15) is 11.0 Å². The SMILES string of the molecule is Cc1cccc(C2C(C(=O)O)=CCC(c3cccc(Br)c3)N2S(=O)c2ccc(Cl)cc2)c1. The van der Waals surface area contributed by atoms with Crippen molar-refractivity contribution in [1.82, 2.24) is 4.31 Å². The van der Waals surface area contributed by atoms with Crippen LogP contribution in [0.25, 0.3) is 0 Å². The number of aryl methyl sites for hydroxylation is 1. The normalized spacial score (nSPS) is 19.9. The fourth-order valence-electron chi connectivity index (χ4n) is 4.02. The van der Waals surface area contributed by atoms with Gasteiger partial charge in [-0.3, -0.25) is 0 Å². The summed E-state index contributed by atoms with van der Waals surface area (Å²) in [6.45, 7) is 1.96. The maximum atomic E-state index is 14.0. The summed E-state index contributed by atoms with van der Waals surface area (Å²) in [5.74, 6) is -1.01. The van der Waals surface area contributed by atoms with Crippen LogP contribution in [0.3, 0.4) is 0 Å². The molecule has 1 aliphatic heterocycles. The molecule has 4 nitrogen and oxygen atoms in total. The zero-order valence-electron chi connectivity index (χ0n) is 17.2. The molecule has 4 rings (SSSR count). The Morgan fingerprint density at radius 1 is 1.06 bits per heavy atom. The second-order valence-corrected chi connectivity index (χ2v) is 10.4. The molecule has 0 fully saturated rings. The first-order valence-electron chi connectivity index (χ1n) is 10.1. The van der Waals surface area contributed by atoms with Crippen LogP contribution in [0.4, 0.5) is 0 Å². The Kier molecular flexibility index (Phi) is 6.96. The molecule has 1 aliphatic rings. The van der Waals surface area contributed by atoms with Crippen molar-refractivity contribution in [2.75, 3.05) is 0 Å². The molecule has 3 aromatic carbocycles. The van der Waals surface area contributed by atoms with Crippen LogP contribution in [-0.4, -0.2) is 19.6 Å². The Labute approximate surface area is 203 Å². The Bertz CT molecular complexity index is 1210. The highest BCUT2D eigenvalue weighted by atomic mass is 79.9. The molecule has 7 heteroatoms. The van der Waals surface area contributed by atoms with E-state index < -0.39 is 23.0 Å². The summed E-state index contributed by atoms with van der Waals surface area (Å²) in [5, 5.41) is 10.6. The van der Waals surface area contributed by atoms with E-state index in [0.29, 0.717) is 16.3 Å². The molecule has 3 unspecified atom stereocenters. The van der Waals surface area contributed by atoms with Crippen LogP contribution < -0.4 is 0 Å². The number of carboxylic acids is 1. The molecule has 0 amide bonds. The molecule has 0 bridgehead atoms. The highest BCUT2D eigenvalue weighted by molar-refractivity contribution is 9.10. The van der Waals surface area contributed by atoms with Gasteiger partial charge in [0.15, 0.2) is 0 Å². The molecule has 0 aromatic heterocycles. The van der Waals surface area contributed by atoms with Gasteiger partial charge in [0.25, 0.3) is 0 Å². The van der Waals surface area contributed by atoms with E-state index in [-0.39, 0.29) is 11.6 Å². The van der Waals surface area contributed by atoms with E-state index in [0.717, 1.165) is 21.2 Å². The van der Waals surface area contributed by atoms with Gasteiger partial charge in [-0.05, 0) is 60.9 Å². The van der Waals surface area contributed by atoms with Crippen molar-refractivity contribution in [1.29, 1.82) is 0 Å². The minimum atomic E-state index is -1.63. The Morgan fingerprint density at radius 3 is 2.41 bits per heavy atom. The molecule has 164 valence electrons. The zero-order chi connectivity index (χ0) is 22.8. The van der Waals surface area contributed by atoms with Crippen molar-refractivity contribution < 1.29 is 14.1 Å². The first-order valence-corrected chi connectivity index (χ1v) is 12.3. The fraction of sp³-hybridized carbons (Fsp3) is 0.160. The molecular weight excluding hydrogens is 510 g/mol. The van der Waals surface area contributed by atoms with Gasteiger partial charge in [-0.15, -0.1) is 0 Å². The highest BCUT2D eigenvalue weighted by Gasteiger charge is 2.41. The first kappa shape index (κ1) is 22.9.